The van der Waals surface area contributed by atoms with Crippen LogP contribution >= 0.6 is 0 Å². The van der Waals surface area contributed by atoms with Crippen molar-refractivity contribution < 1.29 is 48.3 Å². The van der Waals surface area contributed by atoms with E-state index in [9.17, 15) is 19.2 Å². The molecule has 2 unspecified atom stereocenters. The maximum atomic E-state index is 12.6. The summed E-state index contributed by atoms with van der Waals surface area (Å²) in [6, 6.07) is 11.0. The Labute approximate surface area is 260 Å². The van der Waals surface area contributed by atoms with Gasteiger partial charge in [0.2, 0.25) is 0 Å². The van der Waals surface area contributed by atoms with Crippen molar-refractivity contribution in [1.82, 2.24) is 0 Å². The quantitative estimate of drug-likeness (QED) is 0.0960. The van der Waals surface area contributed by atoms with Gasteiger partial charge in [0.15, 0.2) is 0 Å². The van der Waals surface area contributed by atoms with Gasteiger partial charge in [-0.05, 0) is 0 Å². The Balaban J connectivity index is 1.38. The Bertz CT molecular complexity index is 1550. The minimum atomic E-state index is -0.990. The zero-order valence-electron chi connectivity index (χ0n) is 24.1. The number of rotatable bonds is 16. The number of carbonyl (C=O) groups is 4. The number of carboxylic acid groups (broad SMARTS) is 2. The van der Waals surface area contributed by atoms with E-state index in [0.717, 1.165) is 19.3 Å². The molecule has 0 aliphatic carbocycles. The van der Waals surface area contributed by atoms with Gasteiger partial charge in [-0.25, -0.2) is 0 Å². The molecule has 0 fully saturated rings. The number of ketones is 2. The first kappa shape index (κ1) is 32.4. The third kappa shape index (κ3) is 7.89. The Kier molecular flexibility index (Phi) is 10.7. The van der Waals surface area contributed by atoms with Crippen LogP contribution in [0.2, 0.25) is 0 Å². The van der Waals surface area contributed by atoms with Crippen molar-refractivity contribution in [3.8, 4) is 23.0 Å². The Morgan fingerprint density at radius 1 is 0.651 bits per heavy atom. The van der Waals surface area contributed by atoms with Crippen molar-refractivity contribution >= 4 is 71.8 Å². The molecular formula is C31H32O10Se2. The summed E-state index contributed by atoms with van der Waals surface area (Å²) in [6.45, 7) is 3.72. The summed E-state index contributed by atoms with van der Waals surface area (Å²) in [5, 5.41) is 20.0. The molecule has 0 bridgehead atoms. The van der Waals surface area contributed by atoms with E-state index in [-0.39, 0.29) is 53.4 Å². The molecule has 228 valence electrons. The van der Waals surface area contributed by atoms with Gasteiger partial charge >= 0.3 is 261 Å². The molecule has 12 heteroatoms. The van der Waals surface area contributed by atoms with Crippen LogP contribution in [0.1, 0.15) is 51.6 Å². The van der Waals surface area contributed by atoms with Crippen LogP contribution in [0.25, 0.3) is 19.3 Å². The number of ether oxygens (including phenoxy) is 4. The van der Waals surface area contributed by atoms with Gasteiger partial charge in [0.05, 0.1) is 0 Å². The average molecular weight is 723 g/mol. The summed E-state index contributed by atoms with van der Waals surface area (Å²) in [7, 11) is 3.10. The second-order valence-electron chi connectivity index (χ2n) is 10.1. The van der Waals surface area contributed by atoms with Crippen LogP contribution in [-0.2, 0) is 9.59 Å². The fourth-order valence-electron chi connectivity index (χ4n) is 4.27. The van der Waals surface area contributed by atoms with Gasteiger partial charge in [-0.15, -0.1) is 0 Å². The molecule has 0 aliphatic rings. The van der Waals surface area contributed by atoms with Gasteiger partial charge < -0.3 is 0 Å². The number of hydrogen-bond donors (Lipinski definition) is 2. The van der Waals surface area contributed by atoms with Gasteiger partial charge in [0.25, 0.3) is 0 Å². The molecule has 2 aromatic heterocycles. The molecule has 0 amide bonds. The number of methoxy groups -OCH3 is 2. The van der Waals surface area contributed by atoms with Gasteiger partial charge in [-0.2, -0.15) is 0 Å². The third-order valence-corrected chi connectivity index (χ3v) is 11.6. The Hall–Kier alpha value is -3.56. The first-order valence-electron chi connectivity index (χ1n) is 13.5. The molecule has 4 rings (SSSR count). The zero-order valence-corrected chi connectivity index (χ0v) is 27.6. The van der Waals surface area contributed by atoms with Gasteiger partial charge in [-0.3, -0.25) is 0 Å². The molecule has 2 aromatic carbocycles. The van der Waals surface area contributed by atoms with E-state index in [4.69, 9.17) is 29.2 Å². The number of aliphatic carboxylic acids is 2. The first-order valence-corrected chi connectivity index (χ1v) is 16.9. The number of Topliss-reactive ketones (excluding diaryl/α,β-unsaturated/α-hetero) is 2. The standard InChI is InChI=1S/C31H32O10Se2/c1-16(30(34)35)8-20(32)28-12-18-10-24(22(38-3)14-26(18)42-28)40-6-5-7-41-25-11-19-13-29(21(33)9-17(2)31(36)37)43-27(19)15-23(25)39-4/h10-17H,5-9H2,1-4H3,(H,34,35)(H,36,37). The Morgan fingerprint density at radius 2 is 1.05 bits per heavy atom. The molecule has 2 atom stereocenters. The van der Waals surface area contributed by atoms with Crippen molar-refractivity contribution in [3.05, 3.63) is 45.3 Å². The average Bonchev–Trinajstić information content (AvgIpc) is 3.59. The monoisotopic (exact) mass is 724 g/mol. The van der Waals surface area contributed by atoms with E-state index in [1.165, 1.54) is 13.8 Å². The van der Waals surface area contributed by atoms with Crippen LogP contribution < -0.4 is 18.9 Å². The van der Waals surface area contributed by atoms with Gasteiger partial charge in [0, 0.05) is 0 Å². The molecule has 4 aromatic rings. The summed E-state index contributed by atoms with van der Waals surface area (Å²) in [5.74, 6) is -1.57. The predicted molar refractivity (Wildman–Crippen MR) is 162 cm³/mol. The van der Waals surface area contributed by atoms with E-state index in [1.54, 1.807) is 14.2 Å². The molecule has 2 heterocycles. The zero-order chi connectivity index (χ0) is 31.3. The minimum absolute atomic E-state index is 0.0328. The first-order chi connectivity index (χ1) is 20.5. The topological polar surface area (TPSA) is 146 Å². The van der Waals surface area contributed by atoms with Crippen molar-refractivity contribution in [2.45, 2.75) is 33.1 Å². The summed E-state index contributed by atoms with van der Waals surface area (Å²) in [6.07, 6.45) is 0.484. The molecule has 0 radical (unpaired) electrons. The molecule has 43 heavy (non-hydrogen) atoms. The molecule has 0 spiro atoms. The fraction of sp³-hybridized carbons (Fsp3) is 0.355. The van der Waals surface area contributed by atoms with Crippen LogP contribution in [0.3, 0.4) is 0 Å². The molecule has 0 aliphatic heterocycles. The molecular weight excluding hydrogens is 690 g/mol. The van der Waals surface area contributed by atoms with Gasteiger partial charge in [0.1, 0.15) is 0 Å². The summed E-state index contributed by atoms with van der Waals surface area (Å²) < 4.78 is 26.2. The molecule has 2 N–H and O–H groups in total. The van der Waals surface area contributed by atoms with Crippen LogP contribution in [0, 0.1) is 11.8 Å². The van der Waals surface area contributed by atoms with E-state index in [1.807, 2.05) is 36.4 Å². The summed E-state index contributed by atoms with van der Waals surface area (Å²) in [4.78, 5) is 47.5. The van der Waals surface area contributed by atoms with E-state index in [0.29, 0.717) is 51.5 Å². The van der Waals surface area contributed by atoms with E-state index in [2.05, 4.69) is 0 Å². The second kappa shape index (κ2) is 14.3. The van der Waals surface area contributed by atoms with Crippen molar-refractivity contribution in [1.29, 1.82) is 0 Å². The van der Waals surface area contributed by atoms with E-state index >= 15 is 0 Å². The van der Waals surface area contributed by atoms with Gasteiger partial charge in [-0.1, -0.05) is 0 Å². The number of fused-ring (bicyclic) bond motifs is 2. The number of carboxylic acids is 2. The predicted octanol–water partition coefficient (Wildman–Crippen LogP) is 4.56. The number of hydrogen-bond acceptors (Lipinski definition) is 8. The van der Waals surface area contributed by atoms with Crippen LogP contribution in [-0.4, -0.2) is 90.2 Å². The normalized spacial score (nSPS) is 12.6. The van der Waals surface area contributed by atoms with Crippen molar-refractivity contribution in [2.75, 3.05) is 27.4 Å². The SMILES string of the molecule is COc1cc2[se]c(C(=O)CC(C)C(=O)O)cc2cc1OCCCOc1cc2cc(C(=O)CC(C)C(=O)O)[se]c2cc1OC. The van der Waals surface area contributed by atoms with Crippen LogP contribution in [0.4, 0.5) is 0 Å². The molecule has 0 saturated carbocycles. The summed E-state index contributed by atoms with van der Waals surface area (Å²) >= 11 is -0.471. The summed E-state index contributed by atoms with van der Waals surface area (Å²) in [5.41, 5.74) is 0. The Morgan fingerprint density at radius 3 is 1.40 bits per heavy atom. The maximum absolute atomic E-state index is 12.6. The number of carbonyl (C=O) groups excluding carboxylic acids is 2. The number of benzene rings is 2. The van der Waals surface area contributed by atoms with Crippen LogP contribution in [0.5, 0.6) is 23.0 Å². The van der Waals surface area contributed by atoms with Crippen molar-refractivity contribution in [2.24, 2.45) is 11.8 Å². The molecule has 10 nitrogen and oxygen atoms in total. The second-order valence-corrected chi connectivity index (χ2v) is 14.6. The van der Waals surface area contributed by atoms with E-state index < -0.39 is 23.8 Å². The van der Waals surface area contributed by atoms with Crippen molar-refractivity contribution in [3.63, 3.8) is 0 Å². The fourth-order valence-corrected chi connectivity index (χ4v) is 8.56. The molecule has 0 saturated heterocycles. The van der Waals surface area contributed by atoms with Crippen LogP contribution in [0.15, 0.2) is 36.4 Å². The third-order valence-electron chi connectivity index (χ3n) is 6.78.